The van der Waals surface area contributed by atoms with Gasteiger partial charge in [-0.2, -0.15) is 0 Å². The summed E-state index contributed by atoms with van der Waals surface area (Å²) in [7, 11) is 1.40. The van der Waals surface area contributed by atoms with E-state index in [4.69, 9.17) is 67.5 Å². The largest absolute Gasteiger partial charge is 0.493 e. The number of carbonyl (C=O) groups is 5. The van der Waals surface area contributed by atoms with Crippen molar-refractivity contribution in [3.8, 4) is 28.7 Å². The second-order valence-electron chi connectivity index (χ2n) is 26.6. The number of nitrogens with zero attached hydrogens (tertiary/aromatic N) is 4. The van der Waals surface area contributed by atoms with E-state index in [2.05, 4.69) is 18.0 Å². The van der Waals surface area contributed by atoms with Crippen molar-refractivity contribution in [3.63, 3.8) is 0 Å². The Morgan fingerprint density at radius 2 is 1.06 bits per heavy atom. The predicted octanol–water partition coefficient (Wildman–Crippen LogP) is 3.50. The van der Waals surface area contributed by atoms with Gasteiger partial charge in [-0.25, -0.2) is 25.3 Å². The molecule has 2 unspecified atom stereocenters. The van der Waals surface area contributed by atoms with Crippen LogP contribution in [-0.4, -0.2) is 267 Å². The number of hydrogen-bond donors (Lipinski definition) is 9. The maximum absolute atomic E-state index is 14.6. The van der Waals surface area contributed by atoms with Gasteiger partial charge in [0.2, 0.25) is 6.29 Å². The number of fused-ring (bicyclic) bond motifs is 4. The highest BCUT2D eigenvalue weighted by molar-refractivity contribution is 6.07. The summed E-state index contributed by atoms with van der Waals surface area (Å²) in [6, 6.07) is 15.1. The maximum Gasteiger partial charge on any atom is 0.416 e. The van der Waals surface area contributed by atoms with Crippen molar-refractivity contribution in [3.05, 3.63) is 124 Å². The zero-order valence-corrected chi connectivity index (χ0v) is 59.5. The quantitative estimate of drug-likeness (QED) is 0.0135. The van der Waals surface area contributed by atoms with E-state index in [0.717, 1.165) is 9.80 Å². The zero-order valence-electron chi connectivity index (χ0n) is 59.5. The highest BCUT2D eigenvalue weighted by atomic mass is 16.7. The molecular formula is C74H97N5O27. The summed E-state index contributed by atoms with van der Waals surface area (Å²) in [6.07, 6.45) is -13.2. The number of rotatable bonds is 37. The fraction of sp³-hybridized carbons (Fsp3) is 0.554. The van der Waals surface area contributed by atoms with Crippen molar-refractivity contribution < 1.29 is 131 Å². The minimum Gasteiger partial charge on any atom is -0.493 e. The first-order chi connectivity index (χ1) is 51.1. The summed E-state index contributed by atoms with van der Waals surface area (Å²) in [5.41, 5.74) is 3.05. The molecule has 4 aromatic rings. The van der Waals surface area contributed by atoms with Crippen molar-refractivity contribution in [1.82, 2.24) is 9.80 Å². The molecule has 4 amide bonds. The number of benzene rings is 4. The molecule has 0 spiro atoms. The number of hydrogen-bond acceptors (Lipinski definition) is 28. The number of carbonyl (C=O) groups excluding carboxylic acids is 5. The molecule has 4 aromatic carbocycles. The Kier molecular flexibility index (Phi) is 29.3. The van der Waals surface area contributed by atoms with E-state index in [9.17, 15) is 64.8 Å². The number of nitrogens with two attached hydrogens (primary N) is 1. The average molecular weight is 1490 g/mol. The van der Waals surface area contributed by atoms with Crippen LogP contribution in [0.3, 0.4) is 0 Å². The Morgan fingerprint density at radius 1 is 0.538 bits per heavy atom. The van der Waals surface area contributed by atoms with Gasteiger partial charge in [0.15, 0.2) is 29.7 Å². The molecule has 10 N–H and O–H groups in total. The molecule has 3 saturated heterocycles. The smallest absolute Gasteiger partial charge is 0.416 e. The number of methoxy groups -OCH3 is 1. The van der Waals surface area contributed by atoms with Gasteiger partial charge < -0.3 is 117 Å². The molecule has 4 fully saturated rings. The Hall–Kier alpha value is -8.13. The van der Waals surface area contributed by atoms with Gasteiger partial charge in [0.25, 0.3) is 11.8 Å². The van der Waals surface area contributed by atoms with Crippen LogP contribution in [0, 0.1) is 6.92 Å². The van der Waals surface area contributed by atoms with Crippen LogP contribution in [0.5, 0.6) is 28.7 Å². The number of unbranched alkanes of at least 4 members (excludes halogenated alkanes) is 2. The minimum atomic E-state index is -1.61. The summed E-state index contributed by atoms with van der Waals surface area (Å²) in [4.78, 5) is 81.0. The Balaban J connectivity index is 0.747. The first-order valence-corrected chi connectivity index (χ1v) is 35.5. The minimum absolute atomic E-state index is 0.00303. The zero-order chi connectivity index (χ0) is 75.6. The van der Waals surface area contributed by atoms with Gasteiger partial charge >= 0.3 is 12.2 Å². The number of Topliss-reactive ketones (excluding diaryl/α,β-unsaturated/α-hetero) is 1. The predicted molar refractivity (Wildman–Crippen MR) is 374 cm³/mol. The van der Waals surface area contributed by atoms with E-state index in [-0.39, 0.29) is 148 Å². The number of aliphatic hydroxyl groups is 8. The lowest BCUT2D eigenvalue weighted by atomic mass is 9.89. The lowest BCUT2D eigenvalue weighted by Gasteiger charge is -2.35. The molecule has 1 saturated carbocycles. The molecule has 6 aliphatic rings. The van der Waals surface area contributed by atoms with Crippen LogP contribution in [0.15, 0.2) is 91.0 Å². The van der Waals surface area contributed by atoms with E-state index >= 15 is 0 Å². The van der Waals surface area contributed by atoms with Crippen LogP contribution in [0.25, 0.3) is 0 Å². The summed E-state index contributed by atoms with van der Waals surface area (Å²) in [5, 5.41) is 85.9. The monoisotopic (exact) mass is 1490 g/mol. The van der Waals surface area contributed by atoms with Crippen molar-refractivity contribution in [1.29, 1.82) is 0 Å². The lowest BCUT2D eigenvalue weighted by molar-refractivity contribution is -0.242. The number of aliphatic hydroxyl groups excluding tert-OH is 8. The number of anilines is 2. The second-order valence-corrected chi connectivity index (χ2v) is 26.6. The molecule has 580 valence electrons. The van der Waals surface area contributed by atoms with E-state index in [0.29, 0.717) is 112 Å². The molecule has 1 aliphatic carbocycles. The SMILES string of the molecule is C=C1C[C@H]2C(O)N(C(=O)OCc3ccc(O[C@@H]4CC[C@@H](O)[C@H](O)[C@H]4O)c(C(=O)CCCOCCOCCOCCOCCOCCON)c3)c3cc(OCCCCCOc4cc5c(cc4OC)C(=O)N4CC(=C)C[C@H]4C(O)N5C(=O)OCc4ccc(O[C@@H]5OC[C@@H](O)[C@H](O)[C@H]5O)cc4)c(C)cc3C(=O)N2C1. The van der Waals surface area contributed by atoms with Gasteiger partial charge in [-0.1, -0.05) is 42.5 Å². The van der Waals surface area contributed by atoms with Crippen LogP contribution < -0.4 is 39.4 Å². The summed E-state index contributed by atoms with van der Waals surface area (Å²) >= 11 is 0. The summed E-state index contributed by atoms with van der Waals surface area (Å²) < 4.78 is 74.8. The maximum atomic E-state index is 14.6. The average Bonchev–Trinajstić information content (AvgIpc) is 1.60. The molecule has 0 bridgehead atoms. The fourth-order valence-corrected chi connectivity index (χ4v) is 13.2. The lowest BCUT2D eigenvalue weighted by Crippen LogP contribution is -2.54. The third kappa shape index (κ3) is 20.2. The number of amides is 4. The van der Waals surface area contributed by atoms with Gasteiger partial charge in [0, 0.05) is 38.2 Å². The van der Waals surface area contributed by atoms with Gasteiger partial charge in [0.05, 0.1) is 139 Å². The van der Waals surface area contributed by atoms with Crippen LogP contribution >= 0.6 is 0 Å². The standard InChI is InChI=1S/C74H97N5O27/c1-43-31-54-70(89)78(74(92)103-41-47-12-16-59(106-60-17-15-57(81)64(83)66(60)85)51(34-47)56(80)9-8-18-94-21-22-95-23-24-96-25-26-97-27-28-98-29-30-104-75)52-36-61(45(3)33-49(52)68(87)76(54)38-43)99-19-6-5-7-20-100-63-37-53-50(35-62(63)93-4)69(88)77-39-44(2)32-55(77)71(90)79(53)73(91)102-40-46-10-13-48(14-11-46)105-72-67(86)65(84)58(82)42-101-72/h10-14,16,33-37,54-55,57-58,60,64-67,70-72,81-86,89-90H,1-2,5-9,15,17-32,38-42,75H2,3-4H3/t54-,55-,57+,58+,60+,64-,65-,66-,67+,70?,71?,72-/m0/s1. The first-order valence-electron chi connectivity index (χ1n) is 35.5. The molecule has 106 heavy (non-hydrogen) atoms. The summed E-state index contributed by atoms with van der Waals surface area (Å²) in [5.74, 6) is 4.68. The topological polar surface area (TPSA) is 415 Å². The van der Waals surface area contributed by atoms with Crippen LogP contribution in [0.4, 0.5) is 21.0 Å². The Morgan fingerprint density at radius 3 is 1.63 bits per heavy atom. The molecule has 0 aromatic heterocycles. The van der Waals surface area contributed by atoms with Crippen molar-refractivity contribution in [2.45, 2.75) is 151 Å². The number of ketones is 1. The van der Waals surface area contributed by atoms with E-state index in [1.165, 1.54) is 59.4 Å². The van der Waals surface area contributed by atoms with Gasteiger partial charge in [-0.15, -0.1) is 0 Å². The Labute approximate surface area is 613 Å². The molecule has 5 heterocycles. The van der Waals surface area contributed by atoms with E-state index < -0.39 is 104 Å². The number of ether oxygens (including phenoxy) is 13. The summed E-state index contributed by atoms with van der Waals surface area (Å²) in [6.45, 7) is 13.2. The number of aryl methyl sites for hydroxylation is 1. The van der Waals surface area contributed by atoms with Crippen molar-refractivity contribution in [2.24, 2.45) is 5.90 Å². The molecule has 32 nitrogen and oxygen atoms in total. The molecular weight excluding hydrogens is 1390 g/mol. The van der Waals surface area contributed by atoms with Gasteiger partial charge in [-0.3, -0.25) is 14.4 Å². The highest BCUT2D eigenvalue weighted by Crippen LogP contribution is 2.44. The Bertz CT molecular complexity index is 3660. The second kappa shape index (κ2) is 38.6. The molecule has 10 rings (SSSR count). The first kappa shape index (κ1) is 80.4. The highest BCUT2D eigenvalue weighted by Gasteiger charge is 2.49. The van der Waals surface area contributed by atoms with Crippen LogP contribution in [0.1, 0.15) is 106 Å². The molecule has 32 heteroatoms. The fourth-order valence-electron chi connectivity index (χ4n) is 13.2. The molecule has 12 atom stereocenters. The van der Waals surface area contributed by atoms with E-state index in [1.807, 2.05) is 0 Å². The van der Waals surface area contributed by atoms with Gasteiger partial charge in [-0.05, 0) is 111 Å². The molecule has 0 radical (unpaired) electrons. The van der Waals surface area contributed by atoms with Crippen molar-refractivity contribution >= 4 is 41.2 Å². The molecule has 5 aliphatic heterocycles. The van der Waals surface area contributed by atoms with Crippen LogP contribution in [0.2, 0.25) is 0 Å². The third-order valence-electron chi connectivity index (χ3n) is 19.0. The van der Waals surface area contributed by atoms with Gasteiger partial charge in [0.1, 0.15) is 67.1 Å². The normalized spacial score (nSPS) is 24.2. The third-order valence-corrected chi connectivity index (χ3v) is 19.0. The van der Waals surface area contributed by atoms with Crippen LogP contribution in [-0.2, 0) is 55.9 Å². The van der Waals surface area contributed by atoms with E-state index in [1.54, 1.807) is 31.2 Å². The van der Waals surface area contributed by atoms with Crippen molar-refractivity contribution in [2.75, 3.05) is 122 Å².